The first kappa shape index (κ1) is 14.4. The number of aryl methyl sites for hydroxylation is 1. The van der Waals surface area contributed by atoms with Crippen LogP contribution in [0.1, 0.15) is 31.4 Å². The van der Waals surface area contributed by atoms with E-state index in [1.807, 2.05) is 26.8 Å². The molecule has 1 heterocycles. The highest BCUT2D eigenvalue weighted by Gasteiger charge is 2.34. The van der Waals surface area contributed by atoms with E-state index in [0.717, 1.165) is 10.0 Å². The van der Waals surface area contributed by atoms with E-state index < -0.39 is 5.54 Å². The van der Waals surface area contributed by atoms with E-state index in [1.54, 1.807) is 6.07 Å². The van der Waals surface area contributed by atoms with Crippen molar-refractivity contribution in [1.29, 1.82) is 0 Å². The summed E-state index contributed by atoms with van der Waals surface area (Å²) in [5.41, 5.74) is 1.26. The van der Waals surface area contributed by atoms with Crippen molar-refractivity contribution < 1.29 is 9.90 Å². The first-order valence-corrected chi connectivity index (χ1v) is 7.09. The van der Waals surface area contributed by atoms with Crippen molar-refractivity contribution in [3.8, 4) is 0 Å². The molecule has 0 radical (unpaired) electrons. The van der Waals surface area contributed by atoms with Crippen molar-refractivity contribution in [1.82, 2.24) is 5.32 Å². The molecule has 0 bridgehead atoms. The van der Waals surface area contributed by atoms with Crippen LogP contribution < -0.4 is 5.32 Å². The second-order valence-corrected chi connectivity index (χ2v) is 6.74. The molecule has 1 aromatic rings. The standard InChI is InChI=1S/C14H15BrClNO2/c1-7-4-8(15)5-9(16)11(7)12-10(18)6-14(2,3)17-13(12)19/h4-5,18H,6H2,1-3H3,(H,17,19). The molecule has 2 N–H and O–H groups in total. The zero-order valence-electron chi connectivity index (χ0n) is 11.0. The van der Waals surface area contributed by atoms with Gasteiger partial charge in [0.25, 0.3) is 5.91 Å². The first-order valence-electron chi connectivity index (χ1n) is 5.92. The van der Waals surface area contributed by atoms with Crippen LogP contribution in [0, 0.1) is 6.92 Å². The maximum absolute atomic E-state index is 12.2. The van der Waals surface area contributed by atoms with E-state index in [1.165, 1.54) is 0 Å². The van der Waals surface area contributed by atoms with Gasteiger partial charge >= 0.3 is 0 Å². The normalized spacial score (nSPS) is 18.5. The summed E-state index contributed by atoms with van der Waals surface area (Å²) >= 11 is 9.57. The number of nitrogens with one attached hydrogen (secondary N) is 1. The molecule has 19 heavy (non-hydrogen) atoms. The predicted molar refractivity (Wildman–Crippen MR) is 80.3 cm³/mol. The molecule has 0 spiro atoms. The predicted octanol–water partition coefficient (Wildman–Crippen LogP) is 3.98. The number of carbonyl (C=O) groups is 1. The monoisotopic (exact) mass is 343 g/mol. The van der Waals surface area contributed by atoms with Gasteiger partial charge in [0, 0.05) is 22.0 Å². The van der Waals surface area contributed by atoms with Crippen LogP contribution in [-0.2, 0) is 4.79 Å². The molecule has 0 aliphatic carbocycles. The molecule has 102 valence electrons. The Morgan fingerprint density at radius 1 is 1.42 bits per heavy atom. The van der Waals surface area contributed by atoms with Gasteiger partial charge in [0.1, 0.15) is 5.76 Å². The maximum atomic E-state index is 12.2. The highest BCUT2D eigenvalue weighted by atomic mass is 79.9. The van der Waals surface area contributed by atoms with Crippen molar-refractivity contribution >= 4 is 39.0 Å². The number of carbonyl (C=O) groups excluding carboxylic acids is 1. The lowest BCUT2D eigenvalue weighted by Gasteiger charge is -2.32. The van der Waals surface area contributed by atoms with E-state index in [0.29, 0.717) is 17.0 Å². The number of aliphatic hydroxyl groups is 1. The fourth-order valence-corrected chi connectivity index (χ4v) is 3.39. The van der Waals surface area contributed by atoms with Gasteiger partial charge in [-0.3, -0.25) is 4.79 Å². The molecule has 0 unspecified atom stereocenters. The Bertz CT molecular complexity index is 570. The fraction of sp³-hybridized carbons (Fsp3) is 0.357. The van der Waals surface area contributed by atoms with Crippen LogP contribution in [0.4, 0.5) is 0 Å². The van der Waals surface area contributed by atoms with Crippen LogP contribution in [0.3, 0.4) is 0 Å². The molecule has 0 saturated heterocycles. The Balaban J connectivity index is 2.62. The number of rotatable bonds is 1. The molecule has 1 aromatic carbocycles. The quantitative estimate of drug-likeness (QED) is 0.809. The molecule has 3 nitrogen and oxygen atoms in total. The van der Waals surface area contributed by atoms with Crippen LogP contribution in [0.15, 0.2) is 22.4 Å². The summed E-state index contributed by atoms with van der Waals surface area (Å²) in [6.07, 6.45) is 0.389. The minimum absolute atomic E-state index is 0.0843. The highest BCUT2D eigenvalue weighted by Crippen LogP contribution is 2.36. The van der Waals surface area contributed by atoms with Crippen molar-refractivity contribution in [3.05, 3.63) is 38.5 Å². The number of halogens is 2. The summed E-state index contributed by atoms with van der Waals surface area (Å²) in [5.74, 6) is -0.206. The van der Waals surface area contributed by atoms with E-state index >= 15 is 0 Å². The van der Waals surface area contributed by atoms with E-state index in [2.05, 4.69) is 21.2 Å². The topological polar surface area (TPSA) is 49.3 Å². The van der Waals surface area contributed by atoms with Gasteiger partial charge in [-0.15, -0.1) is 0 Å². The van der Waals surface area contributed by atoms with E-state index in [4.69, 9.17) is 11.6 Å². The largest absolute Gasteiger partial charge is 0.511 e. The molecule has 0 fully saturated rings. The van der Waals surface area contributed by atoms with Gasteiger partial charge in [0.05, 0.1) is 10.6 Å². The first-order chi connectivity index (χ1) is 8.71. The molecule has 2 rings (SSSR count). The molecular weight excluding hydrogens is 330 g/mol. The third-order valence-corrected chi connectivity index (χ3v) is 3.84. The van der Waals surface area contributed by atoms with Gasteiger partial charge in [0.15, 0.2) is 0 Å². The van der Waals surface area contributed by atoms with E-state index in [9.17, 15) is 9.90 Å². The minimum Gasteiger partial charge on any atom is -0.511 e. The van der Waals surface area contributed by atoms with Crippen LogP contribution in [0.2, 0.25) is 5.02 Å². The van der Waals surface area contributed by atoms with Crippen LogP contribution >= 0.6 is 27.5 Å². The second kappa shape index (κ2) is 4.84. The highest BCUT2D eigenvalue weighted by molar-refractivity contribution is 9.10. The average Bonchev–Trinajstić information content (AvgIpc) is 2.18. The molecule has 1 amide bonds. The molecule has 0 saturated carbocycles. The Labute approximate surface area is 125 Å². The van der Waals surface area contributed by atoms with Gasteiger partial charge in [-0.2, -0.15) is 0 Å². The fourth-order valence-electron chi connectivity index (χ4n) is 2.33. The molecule has 5 heteroatoms. The molecule has 1 aliphatic rings. The van der Waals surface area contributed by atoms with Gasteiger partial charge in [-0.25, -0.2) is 0 Å². The van der Waals surface area contributed by atoms with Gasteiger partial charge in [0.2, 0.25) is 0 Å². The molecule has 0 atom stereocenters. The zero-order valence-corrected chi connectivity index (χ0v) is 13.3. The van der Waals surface area contributed by atoms with Crippen molar-refractivity contribution in [2.24, 2.45) is 0 Å². The Kier molecular flexibility index (Phi) is 3.67. The number of aliphatic hydroxyl groups excluding tert-OH is 1. The van der Waals surface area contributed by atoms with Crippen LogP contribution in [0.5, 0.6) is 0 Å². The summed E-state index contributed by atoms with van der Waals surface area (Å²) in [6, 6.07) is 3.59. The SMILES string of the molecule is Cc1cc(Br)cc(Cl)c1C1=C(O)CC(C)(C)NC1=O. The average molecular weight is 345 g/mol. The smallest absolute Gasteiger partial charge is 0.255 e. The lowest BCUT2D eigenvalue weighted by Crippen LogP contribution is -2.47. The summed E-state index contributed by atoms with van der Waals surface area (Å²) in [7, 11) is 0. The van der Waals surface area contributed by atoms with Gasteiger partial charge < -0.3 is 10.4 Å². The molecule has 1 aliphatic heterocycles. The summed E-state index contributed by atoms with van der Waals surface area (Å²) in [6.45, 7) is 5.60. The lowest BCUT2D eigenvalue weighted by molar-refractivity contribution is -0.117. The third kappa shape index (κ3) is 2.79. The number of hydrogen-bond acceptors (Lipinski definition) is 2. The Morgan fingerprint density at radius 2 is 2.05 bits per heavy atom. The molecule has 0 aromatic heterocycles. The summed E-state index contributed by atoms with van der Waals surface area (Å²) < 4.78 is 0.843. The number of hydrogen-bond donors (Lipinski definition) is 2. The van der Waals surface area contributed by atoms with Crippen LogP contribution in [-0.4, -0.2) is 16.6 Å². The van der Waals surface area contributed by atoms with Crippen molar-refractivity contribution in [2.45, 2.75) is 32.7 Å². The third-order valence-electron chi connectivity index (χ3n) is 3.08. The summed E-state index contributed by atoms with van der Waals surface area (Å²) in [4.78, 5) is 12.2. The Morgan fingerprint density at radius 3 is 2.58 bits per heavy atom. The number of amides is 1. The number of benzene rings is 1. The minimum atomic E-state index is -0.444. The zero-order chi connectivity index (χ0) is 14.4. The van der Waals surface area contributed by atoms with Crippen molar-refractivity contribution in [2.75, 3.05) is 0 Å². The maximum Gasteiger partial charge on any atom is 0.255 e. The van der Waals surface area contributed by atoms with Crippen molar-refractivity contribution in [3.63, 3.8) is 0 Å². The second-order valence-electron chi connectivity index (χ2n) is 5.42. The van der Waals surface area contributed by atoms with E-state index in [-0.39, 0.29) is 17.2 Å². The van der Waals surface area contributed by atoms with Gasteiger partial charge in [-0.1, -0.05) is 27.5 Å². The lowest BCUT2D eigenvalue weighted by atomic mass is 9.88. The molecular formula is C14H15BrClNO2. The van der Waals surface area contributed by atoms with Gasteiger partial charge in [-0.05, 0) is 38.5 Å². The summed E-state index contributed by atoms with van der Waals surface area (Å²) in [5, 5.41) is 13.5. The Hall–Kier alpha value is -1.00. The van der Waals surface area contributed by atoms with Crippen LogP contribution in [0.25, 0.3) is 5.57 Å².